The molecule has 0 fully saturated rings. The third-order valence-corrected chi connectivity index (χ3v) is 2.71. The summed E-state index contributed by atoms with van der Waals surface area (Å²) in [5, 5.41) is 7.80. The van der Waals surface area contributed by atoms with Gasteiger partial charge in [-0.3, -0.25) is 4.18 Å². The van der Waals surface area contributed by atoms with Gasteiger partial charge >= 0.3 is 0 Å². The van der Waals surface area contributed by atoms with E-state index in [0.717, 1.165) is 6.26 Å². The zero-order valence-electron chi connectivity index (χ0n) is 6.02. The number of rotatable bonds is 3. The van der Waals surface area contributed by atoms with E-state index in [1.54, 1.807) is 0 Å². The highest BCUT2D eigenvalue weighted by Crippen LogP contribution is 2.16. The lowest BCUT2D eigenvalue weighted by molar-refractivity contribution is 0.310. The van der Waals surface area contributed by atoms with Crippen molar-refractivity contribution in [3.05, 3.63) is 8.92 Å². The van der Waals surface area contributed by atoms with Crippen LogP contribution in [0.2, 0.25) is 0 Å². The summed E-state index contributed by atoms with van der Waals surface area (Å²) >= 11 is 4.33. The summed E-state index contributed by atoms with van der Waals surface area (Å²) in [5.74, 6) is 0. The first kappa shape index (κ1) is 10.0. The summed E-state index contributed by atoms with van der Waals surface area (Å²) < 4.78 is 26.2. The van der Waals surface area contributed by atoms with Crippen molar-refractivity contribution >= 4 is 37.4 Å². The maximum Gasteiger partial charge on any atom is 0.264 e. The van der Waals surface area contributed by atoms with E-state index in [-0.39, 0.29) is 6.61 Å². The van der Waals surface area contributed by atoms with Crippen LogP contribution in [-0.4, -0.2) is 24.9 Å². The predicted molar refractivity (Wildman–Crippen MR) is 47.2 cm³/mol. The molecule has 0 aromatic carbocycles. The Bertz CT molecular complexity index is 360. The molecular formula is C4H5BrN2O3S2. The van der Waals surface area contributed by atoms with Gasteiger partial charge in [-0.25, -0.2) is 0 Å². The molecule has 0 saturated heterocycles. The summed E-state index contributed by atoms with van der Waals surface area (Å²) in [7, 11) is -3.39. The van der Waals surface area contributed by atoms with E-state index < -0.39 is 10.1 Å². The van der Waals surface area contributed by atoms with Crippen LogP contribution in [0.4, 0.5) is 0 Å². The highest BCUT2D eigenvalue weighted by Gasteiger charge is 2.06. The molecule has 0 saturated carbocycles. The Morgan fingerprint density at radius 1 is 1.58 bits per heavy atom. The smallest absolute Gasteiger partial charge is 0.263 e. The monoisotopic (exact) mass is 272 g/mol. The fourth-order valence-corrected chi connectivity index (χ4v) is 1.96. The van der Waals surface area contributed by atoms with Crippen molar-refractivity contribution in [1.29, 1.82) is 0 Å². The van der Waals surface area contributed by atoms with Crippen LogP contribution in [0.3, 0.4) is 0 Å². The Labute approximate surface area is 82.0 Å². The highest BCUT2D eigenvalue weighted by molar-refractivity contribution is 9.11. The summed E-state index contributed by atoms with van der Waals surface area (Å²) in [6.45, 7) is -0.0535. The van der Waals surface area contributed by atoms with Crippen molar-refractivity contribution in [2.24, 2.45) is 0 Å². The van der Waals surface area contributed by atoms with Crippen LogP contribution in [0, 0.1) is 0 Å². The van der Waals surface area contributed by atoms with Gasteiger partial charge < -0.3 is 0 Å². The largest absolute Gasteiger partial charge is 0.264 e. The van der Waals surface area contributed by atoms with E-state index in [1.807, 2.05) is 0 Å². The molecule has 0 aliphatic rings. The second kappa shape index (κ2) is 3.77. The fraction of sp³-hybridized carbons (Fsp3) is 0.500. The summed E-state index contributed by atoms with van der Waals surface area (Å²) in [6, 6.07) is 0. The van der Waals surface area contributed by atoms with Gasteiger partial charge in [0.25, 0.3) is 10.1 Å². The van der Waals surface area contributed by atoms with Crippen LogP contribution < -0.4 is 0 Å². The summed E-state index contributed by atoms with van der Waals surface area (Å²) in [6.07, 6.45) is 0.989. The zero-order chi connectivity index (χ0) is 9.19. The van der Waals surface area contributed by atoms with E-state index in [0.29, 0.717) is 8.92 Å². The second-order valence-corrected chi connectivity index (χ2v) is 5.90. The number of hydrogen-bond donors (Lipinski definition) is 0. The molecule has 0 atom stereocenters. The van der Waals surface area contributed by atoms with Crippen LogP contribution in [0.15, 0.2) is 3.92 Å². The molecule has 68 valence electrons. The molecule has 0 bridgehead atoms. The van der Waals surface area contributed by atoms with Gasteiger partial charge in [-0.2, -0.15) is 8.42 Å². The molecule has 5 nitrogen and oxygen atoms in total. The standard InChI is InChI=1S/C4H5BrN2O3S2/c1-12(8,9)10-2-3-6-7-4(5)11-3/h2H2,1H3. The lowest BCUT2D eigenvalue weighted by Crippen LogP contribution is -2.02. The SMILES string of the molecule is CS(=O)(=O)OCc1nnc(Br)s1. The quantitative estimate of drug-likeness (QED) is 0.761. The third-order valence-electron chi connectivity index (χ3n) is 0.839. The molecule has 0 amide bonds. The average Bonchev–Trinajstić information content (AvgIpc) is 2.30. The maximum atomic E-state index is 10.5. The first-order valence-electron chi connectivity index (χ1n) is 2.79. The lowest BCUT2D eigenvalue weighted by atomic mass is 10.8. The number of aromatic nitrogens is 2. The Hall–Kier alpha value is -0.0500. The van der Waals surface area contributed by atoms with Crippen molar-refractivity contribution in [2.75, 3.05) is 6.26 Å². The number of hydrogen-bond acceptors (Lipinski definition) is 6. The number of nitrogens with zero attached hydrogens (tertiary/aromatic N) is 2. The molecule has 0 spiro atoms. The normalized spacial score (nSPS) is 11.8. The molecule has 0 unspecified atom stereocenters. The Balaban J connectivity index is 2.55. The predicted octanol–water partition coefficient (Wildman–Crippen LogP) is 0.777. The van der Waals surface area contributed by atoms with Crippen LogP contribution >= 0.6 is 27.3 Å². The van der Waals surface area contributed by atoms with E-state index in [9.17, 15) is 8.42 Å². The molecule has 0 aliphatic carbocycles. The van der Waals surface area contributed by atoms with Crippen molar-refractivity contribution in [1.82, 2.24) is 10.2 Å². The summed E-state index contributed by atoms with van der Waals surface area (Å²) in [4.78, 5) is 0. The van der Waals surface area contributed by atoms with E-state index in [1.165, 1.54) is 11.3 Å². The van der Waals surface area contributed by atoms with Crippen molar-refractivity contribution < 1.29 is 12.6 Å². The van der Waals surface area contributed by atoms with Gasteiger partial charge in [0, 0.05) is 0 Å². The van der Waals surface area contributed by atoms with Crippen LogP contribution in [-0.2, 0) is 20.9 Å². The molecule has 0 N–H and O–H groups in total. The Kier molecular flexibility index (Phi) is 3.16. The molecule has 12 heavy (non-hydrogen) atoms. The Morgan fingerprint density at radius 3 is 2.67 bits per heavy atom. The number of halogens is 1. The van der Waals surface area contributed by atoms with E-state index >= 15 is 0 Å². The van der Waals surface area contributed by atoms with Crippen LogP contribution in [0.25, 0.3) is 0 Å². The molecule has 0 aliphatic heterocycles. The lowest BCUT2D eigenvalue weighted by Gasteiger charge is -1.94. The zero-order valence-corrected chi connectivity index (χ0v) is 9.24. The fourth-order valence-electron chi connectivity index (χ4n) is 0.449. The second-order valence-electron chi connectivity index (χ2n) is 1.92. The van der Waals surface area contributed by atoms with Gasteiger partial charge in [0.05, 0.1) is 6.26 Å². The molecule has 1 rings (SSSR count). The van der Waals surface area contributed by atoms with Crippen molar-refractivity contribution in [2.45, 2.75) is 6.61 Å². The van der Waals surface area contributed by atoms with Gasteiger partial charge in [-0.1, -0.05) is 11.3 Å². The molecule has 0 radical (unpaired) electrons. The first-order chi connectivity index (χ1) is 5.47. The van der Waals surface area contributed by atoms with E-state index in [2.05, 4.69) is 30.3 Å². The van der Waals surface area contributed by atoms with Gasteiger partial charge in [0.1, 0.15) is 11.6 Å². The third kappa shape index (κ3) is 3.57. The van der Waals surface area contributed by atoms with Crippen molar-refractivity contribution in [3.63, 3.8) is 0 Å². The van der Waals surface area contributed by atoms with Gasteiger partial charge in [-0.05, 0) is 15.9 Å². The molecule has 1 aromatic rings. The summed E-state index contributed by atoms with van der Waals surface area (Å²) in [5.41, 5.74) is 0. The first-order valence-corrected chi connectivity index (χ1v) is 6.22. The maximum absolute atomic E-state index is 10.5. The van der Waals surface area contributed by atoms with Crippen LogP contribution in [0.1, 0.15) is 5.01 Å². The minimum absolute atomic E-state index is 0.0535. The minimum Gasteiger partial charge on any atom is -0.263 e. The Morgan fingerprint density at radius 2 is 2.25 bits per heavy atom. The van der Waals surface area contributed by atoms with Crippen molar-refractivity contribution in [3.8, 4) is 0 Å². The van der Waals surface area contributed by atoms with E-state index in [4.69, 9.17) is 0 Å². The van der Waals surface area contributed by atoms with Gasteiger partial charge in [-0.15, -0.1) is 10.2 Å². The molecule has 1 heterocycles. The topological polar surface area (TPSA) is 69.2 Å². The molecule has 8 heteroatoms. The highest BCUT2D eigenvalue weighted by atomic mass is 79.9. The average molecular weight is 273 g/mol. The minimum atomic E-state index is -3.39. The van der Waals surface area contributed by atoms with Crippen LogP contribution in [0.5, 0.6) is 0 Å². The van der Waals surface area contributed by atoms with Gasteiger partial charge in [0.15, 0.2) is 3.92 Å². The van der Waals surface area contributed by atoms with Gasteiger partial charge in [0.2, 0.25) is 0 Å². The molecular weight excluding hydrogens is 268 g/mol. The molecule has 1 aromatic heterocycles.